The molecule has 1 amide bonds. The van der Waals surface area contributed by atoms with E-state index in [1.54, 1.807) is 24.3 Å². The smallest absolute Gasteiger partial charge is 0.274 e. The fourth-order valence-electron chi connectivity index (χ4n) is 2.37. The van der Waals surface area contributed by atoms with Crippen LogP contribution in [0.1, 0.15) is 21.6 Å². The highest BCUT2D eigenvalue weighted by Crippen LogP contribution is 2.22. The zero-order valence-corrected chi connectivity index (χ0v) is 15.5. The minimum atomic E-state index is -0.371. The average molecular weight is 387 g/mol. The number of rotatable bonds is 5. The molecule has 1 aromatic heterocycles. The fraction of sp³-hybridized carbons (Fsp3) is 0.105. The van der Waals surface area contributed by atoms with Crippen molar-refractivity contribution < 1.29 is 4.79 Å². The molecule has 0 radical (unpaired) electrons. The zero-order chi connectivity index (χ0) is 18.5. The number of amides is 1. The van der Waals surface area contributed by atoms with Gasteiger partial charge in [0.15, 0.2) is 0 Å². The molecule has 0 spiro atoms. The summed E-state index contributed by atoms with van der Waals surface area (Å²) in [4.78, 5) is 20.8. The van der Waals surface area contributed by atoms with E-state index in [-0.39, 0.29) is 11.6 Å². The molecule has 0 aliphatic carbocycles. The largest absolute Gasteiger partial charge is 0.350 e. The Balaban J connectivity index is 1.70. The Bertz CT molecular complexity index is 926. The number of hydrogen-bond donors (Lipinski definition) is 2. The fourth-order valence-corrected chi connectivity index (χ4v) is 2.90. The second-order valence-corrected chi connectivity index (χ2v) is 6.53. The Hall–Kier alpha value is -2.63. The third-order valence-corrected chi connectivity index (χ3v) is 4.14. The van der Waals surface area contributed by atoms with E-state index in [1.807, 2.05) is 31.2 Å². The van der Waals surface area contributed by atoms with Crippen LogP contribution in [-0.4, -0.2) is 15.9 Å². The molecule has 1 heterocycles. The molecule has 0 saturated carbocycles. The Kier molecular flexibility index (Phi) is 5.71. The Morgan fingerprint density at radius 2 is 1.81 bits per heavy atom. The lowest BCUT2D eigenvalue weighted by molar-refractivity contribution is 0.102. The van der Waals surface area contributed by atoms with E-state index < -0.39 is 0 Å². The summed E-state index contributed by atoms with van der Waals surface area (Å²) in [5, 5.41) is 6.74. The van der Waals surface area contributed by atoms with E-state index in [0.29, 0.717) is 28.2 Å². The third-order valence-electron chi connectivity index (χ3n) is 3.71. The van der Waals surface area contributed by atoms with Crippen LogP contribution >= 0.6 is 23.2 Å². The number of carbonyl (C=O) groups is 1. The summed E-state index contributed by atoms with van der Waals surface area (Å²) in [5.41, 5.74) is 3.05. The molecule has 0 fully saturated rings. The molecule has 3 rings (SSSR count). The van der Waals surface area contributed by atoms with E-state index in [4.69, 9.17) is 23.2 Å². The molecular formula is C19H16Cl2N4O. The molecule has 0 saturated heterocycles. The maximum Gasteiger partial charge on any atom is 0.274 e. The second kappa shape index (κ2) is 8.17. The number of aryl methyl sites for hydroxylation is 1. The van der Waals surface area contributed by atoms with Crippen LogP contribution in [0.2, 0.25) is 10.0 Å². The quantitative estimate of drug-likeness (QED) is 0.650. The topological polar surface area (TPSA) is 66.9 Å². The van der Waals surface area contributed by atoms with Gasteiger partial charge in [0.05, 0.1) is 0 Å². The minimum absolute atomic E-state index is 0.239. The van der Waals surface area contributed by atoms with Crippen molar-refractivity contribution in [3.63, 3.8) is 0 Å². The second-order valence-electron chi connectivity index (χ2n) is 5.66. The SMILES string of the molecule is Cc1ccccc1CNc1nccc(C(=O)Nc2cc(Cl)cc(Cl)c2)n1. The van der Waals surface area contributed by atoms with Crippen LogP contribution in [0, 0.1) is 6.92 Å². The van der Waals surface area contributed by atoms with Crippen molar-refractivity contribution in [3.05, 3.63) is 81.6 Å². The van der Waals surface area contributed by atoms with Gasteiger partial charge >= 0.3 is 0 Å². The highest BCUT2D eigenvalue weighted by atomic mass is 35.5. The molecule has 0 bridgehead atoms. The first-order valence-corrected chi connectivity index (χ1v) is 8.66. The molecule has 2 aromatic carbocycles. The summed E-state index contributed by atoms with van der Waals surface area (Å²) in [6.45, 7) is 2.61. The number of halogens is 2. The van der Waals surface area contributed by atoms with Gasteiger partial charge in [-0.2, -0.15) is 0 Å². The summed E-state index contributed by atoms with van der Waals surface area (Å²) < 4.78 is 0. The van der Waals surface area contributed by atoms with Crippen molar-refractivity contribution in [3.8, 4) is 0 Å². The molecule has 7 heteroatoms. The maximum atomic E-state index is 12.4. The summed E-state index contributed by atoms with van der Waals surface area (Å²) >= 11 is 11.9. The van der Waals surface area contributed by atoms with E-state index in [2.05, 4.69) is 20.6 Å². The number of hydrogen-bond acceptors (Lipinski definition) is 4. The number of nitrogens with one attached hydrogen (secondary N) is 2. The molecular weight excluding hydrogens is 371 g/mol. The number of carbonyl (C=O) groups excluding carboxylic acids is 1. The summed E-state index contributed by atoms with van der Waals surface area (Å²) in [6.07, 6.45) is 1.53. The van der Waals surface area contributed by atoms with Crippen LogP contribution in [0.3, 0.4) is 0 Å². The van der Waals surface area contributed by atoms with Gasteiger partial charge in [-0.15, -0.1) is 0 Å². The first-order valence-electron chi connectivity index (χ1n) is 7.90. The first kappa shape index (κ1) is 18.2. The minimum Gasteiger partial charge on any atom is -0.350 e. The van der Waals surface area contributed by atoms with Crippen LogP contribution in [0.4, 0.5) is 11.6 Å². The van der Waals surface area contributed by atoms with Crippen molar-refractivity contribution in [2.45, 2.75) is 13.5 Å². The normalized spacial score (nSPS) is 10.4. The predicted octanol–water partition coefficient (Wildman–Crippen LogP) is 4.96. The van der Waals surface area contributed by atoms with Gasteiger partial charge in [-0.1, -0.05) is 47.5 Å². The van der Waals surface area contributed by atoms with Crippen molar-refractivity contribution in [1.29, 1.82) is 0 Å². The monoisotopic (exact) mass is 386 g/mol. The van der Waals surface area contributed by atoms with Crippen LogP contribution in [0.25, 0.3) is 0 Å². The van der Waals surface area contributed by atoms with Crippen LogP contribution in [-0.2, 0) is 6.54 Å². The molecule has 132 valence electrons. The predicted molar refractivity (Wildman–Crippen MR) is 105 cm³/mol. The summed E-state index contributed by atoms with van der Waals surface area (Å²) in [7, 11) is 0. The molecule has 0 unspecified atom stereocenters. The van der Waals surface area contributed by atoms with Gasteiger partial charge in [-0.25, -0.2) is 9.97 Å². The average Bonchev–Trinajstić information content (AvgIpc) is 2.60. The highest BCUT2D eigenvalue weighted by Gasteiger charge is 2.10. The molecule has 0 aliphatic heterocycles. The molecule has 2 N–H and O–H groups in total. The maximum absolute atomic E-state index is 12.4. The van der Waals surface area contributed by atoms with Gasteiger partial charge in [-0.05, 0) is 42.3 Å². The number of benzene rings is 2. The third kappa shape index (κ3) is 4.71. The van der Waals surface area contributed by atoms with Gasteiger partial charge in [0.1, 0.15) is 5.69 Å². The Morgan fingerprint density at radius 3 is 2.54 bits per heavy atom. The van der Waals surface area contributed by atoms with Crippen molar-refractivity contribution in [1.82, 2.24) is 9.97 Å². The molecule has 0 atom stereocenters. The van der Waals surface area contributed by atoms with Crippen molar-refractivity contribution in [2.24, 2.45) is 0 Å². The van der Waals surface area contributed by atoms with E-state index in [0.717, 1.165) is 5.56 Å². The standard InChI is InChI=1S/C19H16Cl2N4O/c1-12-4-2-3-5-13(12)11-23-19-22-7-6-17(25-19)18(26)24-16-9-14(20)8-15(21)10-16/h2-10H,11H2,1H3,(H,24,26)(H,22,23,25). The van der Waals surface area contributed by atoms with Crippen LogP contribution in [0.5, 0.6) is 0 Å². The van der Waals surface area contributed by atoms with Crippen molar-refractivity contribution >= 4 is 40.7 Å². The van der Waals surface area contributed by atoms with Crippen molar-refractivity contribution in [2.75, 3.05) is 10.6 Å². The van der Waals surface area contributed by atoms with Gasteiger partial charge in [0.2, 0.25) is 5.95 Å². The molecule has 26 heavy (non-hydrogen) atoms. The van der Waals surface area contributed by atoms with Crippen LogP contribution < -0.4 is 10.6 Å². The van der Waals surface area contributed by atoms with Gasteiger partial charge in [-0.3, -0.25) is 4.79 Å². The molecule has 3 aromatic rings. The Labute approximate surface area is 161 Å². The number of nitrogens with zero attached hydrogens (tertiary/aromatic N) is 2. The van der Waals surface area contributed by atoms with Gasteiger partial charge in [0.25, 0.3) is 5.91 Å². The summed E-state index contributed by atoms with van der Waals surface area (Å²) in [5.74, 6) is 0.00899. The van der Waals surface area contributed by atoms with E-state index in [9.17, 15) is 4.79 Å². The van der Waals surface area contributed by atoms with Crippen LogP contribution in [0.15, 0.2) is 54.7 Å². The van der Waals surface area contributed by atoms with Gasteiger partial charge < -0.3 is 10.6 Å². The lowest BCUT2D eigenvalue weighted by Crippen LogP contribution is -2.15. The lowest BCUT2D eigenvalue weighted by atomic mass is 10.1. The van der Waals surface area contributed by atoms with E-state index in [1.165, 1.54) is 11.8 Å². The molecule has 0 aliphatic rings. The first-order chi connectivity index (χ1) is 12.5. The zero-order valence-electron chi connectivity index (χ0n) is 14.0. The highest BCUT2D eigenvalue weighted by molar-refractivity contribution is 6.35. The summed E-state index contributed by atoms with van der Waals surface area (Å²) in [6, 6.07) is 14.4. The lowest BCUT2D eigenvalue weighted by Gasteiger charge is -2.09. The Morgan fingerprint density at radius 1 is 1.08 bits per heavy atom. The number of aromatic nitrogens is 2. The van der Waals surface area contributed by atoms with E-state index >= 15 is 0 Å². The molecule has 5 nitrogen and oxygen atoms in total. The number of anilines is 2. The van der Waals surface area contributed by atoms with Gasteiger partial charge in [0, 0.05) is 28.5 Å².